The van der Waals surface area contributed by atoms with Crippen molar-refractivity contribution < 1.29 is 14.0 Å². The summed E-state index contributed by atoms with van der Waals surface area (Å²) in [5, 5.41) is 3.16. The fourth-order valence-corrected chi connectivity index (χ4v) is 3.02. The van der Waals surface area contributed by atoms with E-state index in [0.29, 0.717) is 17.4 Å². The van der Waals surface area contributed by atoms with Crippen LogP contribution in [0, 0.1) is 6.92 Å². The summed E-state index contributed by atoms with van der Waals surface area (Å²) in [5.41, 5.74) is 1.64. The quantitative estimate of drug-likeness (QED) is 0.778. The maximum absolute atomic E-state index is 6.25. The molecule has 30 heavy (non-hydrogen) atoms. The number of hydrogen-bond acceptors (Lipinski definition) is 7. The van der Waals surface area contributed by atoms with Crippen molar-refractivity contribution in [3.05, 3.63) is 48.4 Å². The van der Waals surface area contributed by atoms with Gasteiger partial charge in [0.05, 0.1) is 24.5 Å². The predicted molar refractivity (Wildman–Crippen MR) is 119 cm³/mol. The Kier molecular flexibility index (Phi) is 6.29. The van der Waals surface area contributed by atoms with Gasteiger partial charge in [-0.25, -0.2) is 9.97 Å². The Morgan fingerprint density at radius 2 is 1.77 bits per heavy atom. The van der Waals surface area contributed by atoms with Crippen LogP contribution in [0.15, 0.2) is 42.9 Å². The van der Waals surface area contributed by atoms with Gasteiger partial charge >= 0.3 is 7.12 Å². The van der Waals surface area contributed by atoms with Crippen LogP contribution in [0.3, 0.4) is 0 Å². The minimum Gasteiger partial charge on any atom is -0.495 e. The number of hydrogen-bond donors (Lipinski definition) is 1. The van der Waals surface area contributed by atoms with Gasteiger partial charge in [-0.15, -0.1) is 0 Å². The average Bonchev–Trinajstić information content (AvgIpc) is 2.93. The third-order valence-corrected chi connectivity index (χ3v) is 5.52. The van der Waals surface area contributed by atoms with E-state index >= 15 is 0 Å². The molecule has 0 spiro atoms. The molecule has 1 N–H and O–H groups in total. The van der Waals surface area contributed by atoms with Gasteiger partial charge in [0.2, 0.25) is 0 Å². The number of pyridine rings is 1. The van der Waals surface area contributed by atoms with E-state index in [9.17, 15) is 0 Å². The molecule has 8 heteroatoms. The summed E-state index contributed by atoms with van der Waals surface area (Å²) < 4.78 is 18.0. The zero-order valence-electron chi connectivity index (χ0n) is 18.7. The highest BCUT2D eigenvalue weighted by Gasteiger charge is 2.51. The van der Waals surface area contributed by atoms with E-state index in [1.54, 1.807) is 25.7 Å². The molecule has 3 rings (SSSR count). The highest BCUT2D eigenvalue weighted by molar-refractivity contribution is 6.62. The van der Waals surface area contributed by atoms with Crippen molar-refractivity contribution in [1.29, 1.82) is 0 Å². The largest absolute Gasteiger partial charge is 0.495 e. The Hall–Kier alpha value is -2.71. The number of aromatic nitrogens is 3. The molecular formula is C22H29BN4O3. The highest BCUT2D eigenvalue weighted by Crippen LogP contribution is 2.36. The molecule has 0 bridgehead atoms. The molecule has 1 aliphatic rings. The third kappa shape index (κ3) is 4.55. The van der Waals surface area contributed by atoms with Gasteiger partial charge in [-0.3, -0.25) is 4.98 Å². The number of nitrogens with zero attached hydrogens (tertiary/aromatic N) is 3. The molecule has 0 unspecified atom stereocenters. The second-order valence-electron chi connectivity index (χ2n) is 8.20. The van der Waals surface area contributed by atoms with Crippen molar-refractivity contribution in [3.8, 4) is 17.1 Å². The van der Waals surface area contributed by atoms with Crippen LogP contribution in [0.2, 0.25) is 0 Å². The molecule has 3 heterocycles. The molecular weight excluding hydrogens is 379 g/mol. The lowest BCUT2D eigenvalue weighted by molar-refractivity contribution is 0.00578. The second-order valence-corrected chi connectivity index (χ2v) is 8.20. The van der Waals surface area contributed by atoms with Crippen molar-refractivity contribution in [2.24, 2.45) is 0 Å². The minimum atomic E-state index is -0.539. The molecule has 1 aliphatic heterocycles. The van der Waals surface area contributed by atoms with E-state index in [2.05, 4.69) is 15.3 Å². The summed E-state index contributed by atoms with van der Waals surface area (Å²) in [5.74, 6) is 1.78. The first-order chi connectivity index (χ1) is 14.2. The van der Waals surface area contributed by atoms with Crippen molar-refractivity contribution in [1.82, 2.24) is 15.0 Å². The number of methoxy groups -OCH3 is 1. The molecule has 1 fully saturated rings. The summed E-state index contributed by atoms with van der Waals surface area (Å²) in [4.78, 5) is 13.5. The summed E-state index contributed by atoms with van der Waals surface area (Å²) in [6.45, 7) is 10.1. The van der Waals surface area contributed by atoms with Crippen LogP contribution >= 0.6 is 0 Å². The number of anilines is 1. The van der Waals surface area contributed by atoms with Gasteiger partial charge in [-0.2, -0.15) is 0 Å². The molecule has 2 aromatic heterocycles. The fraction of sp³-hybridized carbons (Fsp3) is 0.409. The zero-order chi connectivity index (χ0) is 21.9. The molecule has 7 nitrogen and oxygen atoms in total. The van der Waals surface area contributed by atoms with Crippen molar-refractivity contribution in [3.63, 3.8) is 0 Å². The first kappa shape index (κ1) is 22.0. The second kappa shape index (κ2) is 8.57. The summed E-state index contributed by atoms with van der Waals surface area (Å²) in [6.07, 6.45) is 5.08. The number of ether oxygens (including phenoxy) is 1. The van der Waals surface area contributed by atoms with Crippen LogP contribution in [0.25, 0.3) is 11.4 Å². The topological polar surface area (TPSA) is 78.4 Å². The Bertz CT molecular complexity index is 950. The van der Waals surface area contributed by atoms with Gasteiger partial charge in [0.15, 0.2) is 5.82 Å². The Balaban J connectivity index is 2.20. The number of aryl methyl sites for hydroxylation is 1. The summed E-state index contributed by atoms with van der Waals surface area (Å²) in [7, 11) is 2.90. The normalized spacial score (nSPS) is 16.7. The van der Waals surface area contributed by atoms with Crippen LogP contribution in [0.4, 0.5) is 5.82 Å². The fourth-order valence-electron chi connectivity index (χ4n) is 3.02. The molecule has 158 valence electrons. The predicted octanol–water partition coefficient (Wildman–Crippen LogP) is 3.32. The van der Waals surface area contributed by atoms with E-state index in [1.165, 1.54) is 0 Å². The standard InChI is InChI=1S/C22H29BN4O3/c1-15-11-17(23-29-21(2,3)22(4,5)30-23)12-18(28-7)14-26-20(27-19(15)24-6)16-9-8-10-25-13-16/h8-14H,1-7H3,(H,24,26,27). The van der Waals surface area contributed by atoms with Crippen LogP contribution in [0.5, 0.6) is 5.75 Å². The molecule has 0 aliphatic carbocycles. The number of nitrogens with one attached hydrogen (secondary N) is 1. The third-order valence-electron chi connectivity index (χ3n) is 5.52. The van der Waals surface area contributed by atoms with Gasteiger partial charge in [0.1, 0.15) is 11.6 Å². The summed E-state index contributed by atoms with van der Waals surface area (Å²) in [6, 6.07) is 7.65. The van der Waals surface area contributed by atoms with Gasteiger partial charge in [0, 0.05) is 25.0 Å². The molecule has 2 aromatic rings. The Morgan fingerprint density at radius 1 is 1.07 bits per heavy atom. The maximum Gasteiger partial charge on any atom is 0.494 e. The highest BCUT2D eigenvalue weighted by atomic mass is 16.7. The first-order valence-corrected chi connectivity index (χ1v) is 9.91. The van der Waals surface area contributed by atoms with Gasteiger partial charge in [0.25, 0.3) is 0 Å². The molecule has 0 radical (unpaired) electrons. The smallest absolute Gasteiger partial charge is 0.494 e. The SMILES string of the molecule is CNc1nc(-c2cccnc2)ncc(OC)cc(B2OC(C)(C)C(C)(C)O2)cc1C. The molecule has 0 aromatic carbocycles. The maximum atomic E-state index is 6.25. The lowest BCUT2D eigenvalue weighted by Crippen LogP contribution is -2.41. The Morgan fingerprint density at radius 3 is 2.33 bits per heavy atom. The van der Waals surface area contributed by atoms with Crippen LogP contribution in [-0.4, -0.2) is 47.4 Å². The van der Waals surface area contributed by atoms with Gasteiger partial charge in [-0.05, 0) is 63.8 Å². The van der Waals surface area contributed by atoms with Crippen molar-refractivity contribution in [2.75, 3.05) is 19.5 Å². The van der Waals surface area contributed by atoms with E-state index in [0.717, 1.165) is 16.6 Å². The average molecular weight is 408 g/mol. The van der Waals surface area contributed by atoms with E-state index in [1.807, 2.05) is 65.9 Å². The summed E-state index contributed by atoms with van der Waals surface area (Å²) >= 11 is 0. The van der Waals surface area contributed by atoms with Crippen LogP contribution < -0.4 is 15.5 Å². The number of rotatable bonds is 4. The van der Waals surface area contributed by atoms with E-state index in [4.69, 9.17) is 19.0 Å². The van der Waals surface area contributed by atoms with Crippen LogP contribution in [0.1, 0.15) is 33.3 Å². The molecule has 0 amide bonds. The zero-order valence-corrected chi connectivity index (χ0v) is 18.7. The minimum absolute atomic E-state index is 0.446. The van der Waals surface area contributed by atoms with Crippen LogP contribution in [-0.2, 0) is 9.31 Å². The van der Waals surface area contributed by atoms with E-state index in [-0.39, 0.29) is 0 Å². The van der Waals surface area contributed by atoms with Crippen molar-refractivity contribution >= 4 is 18.4 Å². The van der Waals surface area contributed by atoms with Crippen molar-refractivity contribution in [2.45, 2.75) is 45.8 Å². The lowest BCUT2D eigenvalue weighted by Gasteiger charge is -2.32. The first-order valence-electron chi connectivity index (χ1n) is 9.91. The molecule has 0 saturated carbocycles. The van der Waals surface area contributed by atoms with Gasteiger partial charge < -0.3 is 19.4 Å². The lowest BCUT2D eigenvalue weighted by atomic mass is 9.79. The Labute approximate surface area is 178 Å². The van der Waals surface area contributed by atoms with E-state index < -0.39 is 18.3 Å². The monoisotopic (exact) mass is 408 g/mol. The molecule has 0 atom stereocenters. The van der Waals surface area contributed by atoms with Gasteiger partial charge in [-0.1, -0.05) is 6.07 Å². The molecule has 1 saturated heterocycles.